The number of aryl methyl sites for hydroxylation is 1. The van der Waals surface area contributed by atoms with Crippen molar-refractivity contribution in [3.05, 3.63) is 50.6 Å². The molecular formula is C16H19BrN2S. The molecule has 1 saturated heterocycles. The molecule has 0 unspecified atom stereocenters. The third-order valence-corrected chi connectivity index (χ3v) is 5.45. The summed E-state index contributed by atoms with van der Waals surface area (Å²) >= 11 is 5.37. The lowest BCUT2D eigenvalue weighted by Gasteiger charge is -2.36. The fourth-order valence-electron chi connectivity index (χ4n) is 2.58. The second-order valence-corrected chi connectivity index (χ2v) is 7.24. The van der Waals surface area contributed by atoms with Crippen LogP contribution in [0.3, 0.4) is 0 Å². The van der Waals surface area contributed by atoms with Gasteiger partial charge in [-0.3, -0.25) is 4.90 Å². The predicted octanol–water partition coefficient (Wildman–Crippen LogP) is 4.14. The fraction of sp³-hybridized carbons (Fsp3) is 0.375. The van der Waals surface area contributed by atoms with E-state index in [1.54, 1.807) is 0 Å². The standard InChI is InChI=1S/C16H19BrN2S/c1-13-2-4-15(5-3-13)19-8-6-18(7-9-19)11-16-10-14(17)12-20-16/h2-5,10,12H,6-9,11H2,1H3. The maximum Gasteiger partial charge on any atom is 0.0367 e. The molecule has 1 aliphatic rings. The minimum atomic E-state index is 1.08. The van der Waals surface area contributed by atoms with Crippen molar-refractivity contribution in [3.63, 3.8) is 0 Å². The highest BCUT2D eigenvalue weighted by atomic mass is 79.9. The molecule has 106 valence electrons. The molecule has 3 rings (SSSR count). The Kier molecular flexibility index (Phi) is 4.44. The largest absolute Gasteiger partial charge is 0.369 e. The molecule has 1 aromatic carbocycles. The zero-order valence-electron chi connectivity index (χ0n) is 11.7. The Hall–Kier alpha value is -0.840. The maximum absolute atomic E-state index is 3.53. The van der Waals surface area contributed by atoms with Gasteiger partial charge in [-0.15, -0.1) is 11.3 Å². The van der Waals surface area contributed by atoms with E-state index in [4.69, 9.17) is 0 Å². The minimum absolute atomic E-state index is 1.08. The van der Waals surface area contributed by atoms with Crippen molar-refractivity contribution >= 4 is 33.0 Å². The van der Waals surface area contributed by atoms with Gasteiger partial charge in [0, 0.05) is 53.1 Å². The summed E-state index contributed by atoms with van der Waals surface area (Å²) in [6, 6.07) is 11.1. The van der Waals surface area contributed by atoms with E-state index in [-0.39, 0.29) is 0 Å². The molecular weight excluding hydrogens is 332 g/mol. The van der Waals surface area contributed by atoms with Crippen molar-refractivity contribution < 1.29 is 0 Å². The molecule has 0 atom stereocenters. The summed E-state index contributed by atoms with van der Waals surface area (Å²) in [6.45, 7) is 7.75. The SMILES string of the molecule is Cc1ccc(N2CCN(Cc3cc(Br)cs3)CC2)cc1. The number of anilines is 1. The van der Waals surface area contributed by atoms with E-state index < -0.39 is 0 Å². The molecule has 1 aromatic heterocycles. The van der Waals surface area contributed by atoms with Crippen molar-refractivity contribution in [1.29, 1.82) is 0 Å². The second kappa shape index (κ2) is 6.29. The van der Waals surface area contributed by atoms with E-state index >= 15 is 0 Å². The van der Waals surface area contributed by atoms with Crippen LogP contribution in [-0.2, 0) is 6.54 Å². The van der Waals surface area contributed by atoms with E-state index in [1.807, 2.05) is 11.3 Å². The zero-order valence-corrected chi connectivity index (χ0v) is 14.1. The van der Waals surface area contributed by atoms with Crippen LogP contribution in [0.2, 0.25) is 0 Å². The van der Waals surface area contributed by atoms with Crippen LogP contribution in [0.15, 0.2) is 40.2 Å². The van der Waals surface area contributed by atoms with E-state index in [1.165, 1.54) is 20.6 Å². The van der Waals surface area contributed by atoms with E-state index in [9.17, 15) is 0 Å². The van der Waals surface area contributed by atoms with Gasteiger partial charge in [0.15, 0.2) is 0 Å². The van der Waals surface area contributed by atoms with Crippen LogP contribution in [0.5, 0.6) is 0 Å². The highest BCUT2D eigenvalue weighted by molar-refractivity contribution is 9.10. The van der Waals surface area contributed by atoms with E-state index in [0.29, 0.717) is 0 Å². The molecule has 4 heteroatoms. The highest BCUT2D eigenvalue weighted by Crippen LogP contribution is 2.22. The Bertz CT molecular complexity index is 556. The van der Waals surface area contributed by atoms with Crippen LogP contribution in [0.4, 0.5) is 5.69 Å². The Morgan fingerprint density at radius 1 is 1.10 bits per heavy atom. The minimum Gasteiger partial charge on any atom is -0.369 e. The second-order valence-electron chi connectivity index (χ2n) is 5.33. The van der Waals surface area contributed by atoms with Crippen molar-refractivity contribution in [1.82, 2.24) is 4.90 Å². The van der Waals surface area contributed by atoms with Gasteiger partial charge in [-0.1, -0.05) is 17.7 Å². The first-order chi connectivity index (χ1) is 9.70. The van der Waals surface area contributed by atoms with Crippen LogP contribution in [0.1, 0.15) is 10.4 Å². The molecule has 0 N–H and O–H groups in total. The smallest absolute Gasteiger partial charge is 0.0367 e. The first kappa shape index (κ1) is 14.1. The third kappa shape index (κ3) is 3.43. The molecule has 2 aromatic rings. The molecule has 0 aliphatic carbocycles. The van der Waals surface area contributed by atoms with Gasteiger partial charge in [-0.05, 0) is 41.1 Å². The van der Waals surface area contributed by atoms with Crippen LogP contribution < -0.4 is 4.90 Å². The summed E-state index contributed by atoms with van der Waals surface area (Å²) in [5.74, 6) is 0. The summed E-state index contributed by atoms with van der Waals surface area (Å²) in [6.07, 6.45) is 0. The van der Waals surface area contributed by atoms with E-state index in [2.05, 4.69) is 68.4 Å². The topological polar surface area (TPSA) is 6.48 Å². The maximum atomic E-state index is 3.53. The van der Waals surface area contributed by atoms with Crippen LogP contribution in [-0.4, -0.2) is 31.1 Å². The molecule has 1 fully saturated rings. The number of thiophene rings is 1. The number of hydrogen-bond acceptors (Lipinski definition) is 3. The normalized spacial score (nSPS) is 16.6. The number of rotatable bonds is 3. The summed E-state index contributed by atoms with van der Waals surface area (Å²) in [4.78, 5) is 6.48. The van der Waals surface area contributed by atoms with Crippen molar-refractivity contribution in [2.24, 2.45) is 0 Å². The highest BCUT2D eigenvalue weighted by Gasteiger charge is 2.17. The Morgan fingerprint density at radius 2 is 1.80 bits per heavy atom. The quantitative estimate of drug-likeness (QED) is 0.820. The van der Waals surface area contributed by atoms with Crippen LogP contribution >= 0.6 is 27.3 Å². The lowest BCUT2D eigenvalue weighted by Crippen LogP contribution is -2.45. The molecule has 2 nitrogen and oxygen atoms in total. The molecule has 1 aliphatic heterocycles. The molecule has 0 amide bonds. The summed E-state index contributed by atoms with van der Waals surface area (Å²) < 4.78 is 1.20. The van der Waals surface area contributed by atoms with Crippen molar-refractivity contribution in [3.8, 4) is 0 Å². The molecule has 2 heterocycles. The summed E-state index contributed by atoms with van der Waals surface area (Å²) in [7, 11) is 0. The number of halogens is 1. The Labute approximate surface area is 133 Å². The monoisotopic (exact) mass is 350 g/mol. The molecule has 20 heavy (non-hydrogen) atoms. The average Bonchev–Trinajstić information content (AvgIpc) is 2.86. The molecule has 0 bridgehead atoms. The van der Waals surface area contributed by atoms with Gasteiger partial charge in [0.2, 0.25) is 0 Å². The lowest BCUT2D eigenvalue weighted by molar-refractivity contribution is 0.252. The van der Waals surface area contributed by atoms with Crippen molar-refractivity contribution in [2.45, 2.75) is 13.5 Å². The zero-order chi connectivity index (χ0) is 13.9. The number of benzene rings is 1. The first-order valence-corrected chi connectivity index (χ1v) is 8.65. The van der Waals surface area contributed by atoms with Gasteiger partial charge >= 0.3 is 0 Å². The molecule has 0 radical (unpaired) electrons. The van der Waals surface area contributed by atoms with Gasteiger partial charge in [0.05, 0.1) is 0 Å². The Balaban J connectivity index is 1.55. The van der Waals surface area contributed by atoms with Crippen LogP contribution in [0, 0.1) is 6.92 Å². The van der Waals surface area contributed by atoms with E-state index in [0.717, 1.165) is 32.7 Å². The lowest BCUT2D eigenvalue weighted by atomic mass is 10.2. The third-order valence-electron chi connectivity index (χ3n) is 3.77. The number of nitrogens with zero attached hydrogens (tertiary/aromatic N) is 2. The molecule has 0 saturated carbocycles. The van der Waals surface area contributed by atoms with Crippen LogP contribution in [0.25, 0.3) is 0 Å². The predicted molar refractivity (Wildman–Crippen MR) is 90.7 cm³/mol. The fourth-order valence-corrected chi connectivity index (χ4v) is 4.07. The molecule has 0 spiro atoms. The summed E-state index contributed by atoms with van der Waals surface area (Å²) in [5, 5.41) is 2.16. The number of piperazine rings is 1. The van der Waals surface area contributed by atoms with Crippen molar-refractivity contribution in [2.75, 3.05) is 31.1 Å². The Morgan fingerprint density at radius 3 is 2.40 bits per heavy atom. The summed E-state index contributed by atoms with van der Waals surface area (Å²) in [5.41, 5.74) is 2.68. The average molecular weight is 351 g/mol. The first-order valence-electron chi connectivity index (χ1n) is 6.97. The van der Waals surface area contributed by atoms with Gasteiger partial charge in [-0.2, -0.15) is 0 Å². The number of hydrogen-bond donors (Lipinski definition) is 0. The van der Waals surface area contributed by atoms with Gasteiger partial charge in [-0.25, -0.2) is 0 Å². The van der Waals surface area contributed by atoms with Gasteiger partial charge in [0.1, 0.15) is 0 Å². The van der Waals surface area contributed by atoms with Gasteiger partial charge < -0.3 is 4.90 Å². The van der Waals surface area contributed by atoms with Gasteiger partial charge in [0.25, 0.3) is 0 Å².